The van der Waals surface area contributed by atoms with Crippen LogP contribution in [0.5, 0.6) is 0 Å². The predicted molar refractivity (Wildman–Crippen MR) is 84.3 cm³/mol. The molecular formula is C12H16Cl2N6O. The molecule has 0 aromatic heterocycles. The molecule has 1 aromatic carbocycles. The van der Waals surface area contributed by atoms with E-state index in [4.69, 9.17) is 34.7 Å². The molecule has 1 unspecified atom stereocenters. The Morgan fingerprint density at radius 2 is 2.05 bits per heavy atom. The van der Waals surface area contributed by atoms with Gasteiger partial charge in [-0.15, -0.1) is 0 Å². The second-order valence-corrected chi connectivity index (χ2v) is 5.13. The van der Waals surface area contributed by atoms with Crippen molar-refractivity contribution < 1.29 is 5.11 Å². The van der Waals surface area contributed by atoms with Crippen molar-refractivity contribution in [3.63, 3.8) is 0 Å². The topological polar surface area (TPSA) is 121 Å². The molecule has 1 atom stereocenters. The van der Waals surface area contributed by atoms with Gasteiger partial charge in [-0.2, -0.15) is 0 Å². The van der Waals surface area contributed by atoms with Crippen molar-refractivity contribution in [2.75, 3.05) is 13.1 Å². The number of guanidine groups is 1. The molecular weight excluding hydrogens is 315 g/mol. The number of benzene rings is 1. The number of hydrogen-bond acceptors (Lipinski definition) is 5. The van der Waals surface area contributed by atoms with E-state index in [-0.39, 0.29) is 13.1 Å². The Kier molecular flexibility index (Phi) is 5.13. The normalized spacial score (nSPS) is 18.0. The molecule has 0 radical (unpaired) electrons. The molecule has 0 bridgehead atoms. The van der Waals surface area contributed by atoms with E-state index in [0.717, 1.165) is 0 Å². The minimum absolute atomic E-state index is 0.138. The maximum absolute atomic E-state index is 9.37. The zero-order chi connectivity index (χ0) is 15.4. The summed E-state index contributed by atoms with van der Waals surface area (Å²) >= 11 is 12.1. The first kappa shape index (κ1) is 15.7. The van der Waals surface area contributed by atoms with Crippen LogP contribution < -0.4 is 27.6 Å². The average molecular weight is 331 g/mol. The minimum Gasteiger partial charge on any atom is -0.390 e. The SMILES string of the molecule is NCC(O)CN=C1NNC(c2cccc(Cl)c2Cl)=C(N)N1. The number of halogens is 2. The Morgan fingerprint density at radius 1 is 1.29 bits per heavy atom. The van der Waals surface area contributed by atoms with Crippen LogP contribution in [0.15, 0.2) is 29.0 Å². The molecule has 21 heavy (non-hydrogen) atoms. The van der Waals surface area contributed by atoms with Crippen molar-refractivity contribution in [3.05, 3.63) is 39.6 Å². The highest BCUT2D eigenvalue weighted by Gasteiger charge is 2.18. The fourth-order valence-corrected chi connectivity index (χ4v) is 2.06. The number of nitrogens with zero attached hydrogens (tertiary/aromatic N) is 1. The molecule has 9 heteroatoms. The van der Waals surface area contributed by atoms with E-state index < -0.39 is 6.10 Å². The van der Waals surface area contributed by atoms with Crippen molar-refractivity contribution in [2.45, 2.75) is 6.10 Å². The number of nitrogens with one attached hydrogen (secondary N) is 3. The molecule has 0 fully saturated rings. The van der Waals surface area contributed by atoms with Gasteiger partial charge in [0.05, 0.1) is 22.7 Å². The first-order valence-corrected chi connectivity index (χ1v) is 6.94. The van der Waals surface area contributed by atoms with Gasteiger partial charge in [0, 0.05) is 12.1 Å². The number of aliphatic imine (C=N–C) groups is 1. The molecule has 0 saturated heterocycles. The molecule has 7 nitrogen and oxygen atoms in total. The van der Waals surface area contributed by atoms with E-state index in [2.05, 4.69) is 21.2 Å². The smallest absolute Gasteiger partial charge is 0.216 e. The summed E-state index contributed by atoms with van der Waals surface area (Å²) in [7, 11) is 0. The zero-order valence-corrected chi connectivity index (χ0v) is 12.5. The van der Waals surface area contributed by atoms with E-state index in [9.17, 15) is 5.11 Å². The maximum atomic E-state index is 9.37. The molecule has 1 aliphatic rings. The van der Waals surface area contributed by atoms with E-state index in [0.29, 0.717) is 33.1 Å². The lowest BCUT2D eigenvalue weighted by Crippen LogP contribution is -2.52. The fraction of sp³-hybridized carbons (Fsp3) is 0.250. The molecule has 114 valence electrons. The molecule has 8 N–H and O–H groups in total. The summed E-state index contributed by atoms with van der Waals surface area (Å²) in [6.07, 6.45) is -0.699. The molecule has 0 amide bonds. The first-order chi connectivity index (χ1) is 10.0. The maximum Gasteiger partial charge on any atom is 0.216 e. The summed E-state index contributed by atoms with van der Waals surface area (Å²) in [5.41, 5.74) is 18.2. The number of aliphatic hydroxyl groups is 1. The van der Waals surface area contributed by atoms with Gasteiger partial charge in [-0.25, -0.2) is 4.99 Å². The Morgan fingerprint density at radius 3 is 2.71 bits per heavy atom. The molecule has 1 heterocycles. The van der Waals surface area contributed by atoms with Gasteiger partial charge >= 0.3 is 0 Å². The summed E-state index contributed by atoms with van der Waals surface area (Å²) in [6.45, 7) is 0.299. The van der Waals surface area contributed by atoms with E-state index in [1.54, 1.807) is 18.2 Å². The standard InChI is InChI=1S/C12H16Cl2N6O/c13-8-3-1-2-7(9(8)14)10-11(16)18-12(20-19-10)17-5-6(21)4-15/h1-3,6,19,21H,4-5,15-16H2,(H2,17,18,20). The van der Waals surface area contributed by atoms with E-state index in [1.165, 1.54) is 0 Å². The van der Waals surface area contributed by atoms with Crippen LogP contribution in [-0.2, 0) is 0 Å². The van der Waals surface area contributed by atoms with Gasteiger partial charge in [-0.05, 0) is 6.07 Å². The quantitative estimate of drug-likeness (QED) is 0.460. The lowest BCUT2D eigenvalue weighted by molar-refractivity contribution is 0.191. The van der Waals surface area contributed by atoms with Crippen molar-refractivity contribution >= 4 is 34.9 Å². The van der Waals surface area contributed by atoms with Crippen LogP contribution in [0, 0.1) is 0 Å². The predicted octanol–water partition coefficient (Wildman–Crippen LogP) is -0.0488. The van der Waals surface area contributed by atoms with E-state index >= 15 is 0 Å². The summed E-state index contributed by atoms with van der Waals surface area (Å²) in [4.78, 5) is 4.10. The van der Waals surface area contributed by atoms with Gasteiger partial charge < -0.3 is 21.9 Å². The molecule has 0 spiro atoms. The van der Waals surface area contributed by atoms with Gasteiger partial charge in [0.15, 0.2) is 0 Å². The third kappa shape index (κ3) is 3.70. The summed E-state index contributed by atoms with van der Waals surface area (Å²) in [5, 5.41) is 13.1. The summed E-state index contributed by atoms with van der Waals surface area (Å²) < 4.78 is 0. The number of rotatable bonds is 4. The van der Waals surface area contributed by atoms with Crippen LogP contribution in [-0.4, -0.2) is 30.3 Å². The van der Waals surface area contributed by atoms with Gasteiger partial charge in [0.25, 0.3) is 0 Å². The van der Waals surface area contributed by atoms with Crippen molar-refractivity contribution in [3.8, 4) is 0 Å². The highest BCUT2D eigenvalue weighted by molar-refractivity contribution is 6.43. The van der Waals surface area contributed by atoms with Crippen LogP contribution in [0.2, 0.25) is 10.0 Å². The van der Waals surface area contributed by atoms with E-state index in [1.807, 2.05) is 0 Å². The number of nitrogens with two attached hydrogens (primary N) is 2. The van der Waals surface area contributed by atoms with Crippen molar-refractivity contribution in [2.24, 2.45) is 16.5 Å². The van der Waals surface area contributed by atoms with Crippen LogP contribution in [0.3, 0.4) is 0 Å². The average Bonchev–Trinajstić information content (AvgIpc) is 2.48. The monoisotopic (exact) mass is 330 g/mol. The lowest BCUT2D eigenvalue weighted by Gasteiger charge is -2.25. The Hall–Kier alpha value is -1.67. The Bertz CT molecular complexity index is 589. The Labute approximate surface area is 132 Å². The molecule has 1 aliphatic heterocycles. The van der Waals surface area contributed by atoms with Crippen LogP contribution in [0.1, 0.15) is 5.56 Å². The van der Waals surface area contributed by atoms with Crippen molar-refractivity contribution in [1.29, 1.82) is 0 Å². The Balaban J connectivity index is 2.19. The zero-order valence-electron chi connectivity index (χ0n) is 11.0. The van der Waals surface area contributed by atoms with Gasteiger partial charge in [0.2, 0.25) is 5.96 Å². The molecule has 2 rings (SSSR count). The van der Waals surface area contributed by atoms with Gasteiger partial charge in [-0.3, -0.25) is 10.9 Å². The minimum atomic E-state index is -0.699. The highest BCUT2D eigenvalue weighted by Crippen LogP contribution is 2.30. The number of hydrazine groups is 1. The second kappa shape index (κ2) is 6.86. The highest BCUT2D eigenvalue weighted by atomic mass is 35.5. The third-order valence-corrected chi connectivity index (χ3v) is 3.60. The number of aliphatic hydroxyl groups excluding tert-OH is 1. The summed E-state index contributed by atoms with van der Waals surface area (Å²) in [5.74, 6) is 0.709. The van der Waals surface area contributed by atoms with Gasteiger partial charge in [0.1, 0.15) is 11.5 Å². The van der Waals surface area contributed by atoms with Crippen LogP contribution in [0.4, 0.5) is 0 Å². The lowest BCUT2D eigenvalue weighted by atomic mass is 10.1. The second-order valence-electron chi connectivity index (χ2n) is 4.34. The van der Waals surface area contributed by atoms with Gasteiger partial charge in [-0.1, -0.05) is 35.3 Å². The molecule has 0 aliphatic carbocycles. The third-order valence-electron chi connectivity index (χ3n) is 2.78. The van der Waals surface area contributed by atoms with Crippen molar-refractivity contribution in [1.82, 2.24) is 16.2 Å². The first-order valence-electron chi connectivity index (χ1n) is 6.18. The fourth-order valence-electron chi connectivity index (χ4n) is 1.67. The molecule has 0 saturated carbocycles. The number of hydrogen-bond donors (Lipinski definition) is 6. The largest absolute Gasteiger partial charge is 0.390 e. The van der Waals surface area contributed by atoms with Crippen LogP contribution >= 0.6 is 23.2 Å². The summed E-state index contributed by atoms with van der Waals surface area (Å²) in [6, 6.07) is 5.24. The van der Waals surface area contributed by atoms with Crippen LogP contribution in [0.25, 0.3) is 5.70 Å². The molecule has 1 aromatic rings.